The number of rotatable bonds is 11. The standard InChI is InChI=1S/C27H27ClF2N4O2S.Na.H/c28-20-11-10-19-25(23(20)30)34(17-14-32-33(15-17)13-4-2-1-3-12-31)24(16-8-9-16)26(19)37-21-7-5-6-18(22(21)29)27(35)36;;/h5-7,10-11,14-16H,1-4,8-9,12-13,31H2,(H,35,36);;. The molecule has 2 aromatic heterocycles. The van der Waals surface area contributed by atoms with E-state index in [9.17, 15) is 9.90 Å². The summed E-state index contributed by atoms with van der Waals surface area (Å²) >= 11 is 7.33. The van der Waals surface area contributed by atoms with Crippen LogP contribution in [0.5, 0.6) is 0 Å². The van der Waals surface area contributed by atoms with Crippen LogP contribution in [-0.4, -0.2) is 61.5 Å². The third kappa shape index (κ3) is 5.83. The Morgan fingerprint density at radius 2 is 1.89 bits per heavy atom. The molecule has 1 aliphatic rings. The fourth-order valence-corrected chi connectivity index (χ4v) is 5.98. The molecule has 4 aromatic rings. The molecule has 38 heavy (non-hydrogen) atoms. The van der Waals surface area contributed by atoms with Gasteiger partial charge in [0.25, 0.3) is 0 Å². The Morgan fingerprint density at radius 1 is 1.13 bits per heavy atom. The van der Waals surface area contributed by atoms with E-state index < -0.39 is 23.2 Å². The molecule has 0 unspecified atom stereocenters. The first-order valence-corrected chi connectivity index (χ1v) is 13.5. The second kappa shape index (κ2) is 12.5. The third-order valence-electron chi connectivity index (χ3n) is 6.60. The molecular weight excluding hydrogens is 541 g/mol. The van der Waals surface area contributed by atoms with Crippen LogP contribution in [0.2, 0.25) is 5.02 Å². The molecule has 0 spiro atoms. The zero-order valence-corrected chi connectivity index (χ0v) is 21.7. The van der Waals surface area contributed by atoms with Crippen molar-refractivity contribution in [1.82, 2.24) is 14.3 Å². The molecule has 0 aliphatic heterocycles. The quantitative estimate of drug-likeness (QED) is 0.162. The van der Waals surface area contributed by atoms with E-state index in [4.69, 9.17) is 17.3 Å². The normalized spacial score (nSPS) is 13.2. The van der Waals surface area contributed by atoms with Crippen LogP contribution in [0, 0.1) is 11.6 Å². The van der Waals surface area contributed by atoms with Gasteiger partial charge in [-0.1, -0.05) is 42.3 Å². The molecule has 3 N–H and O–H groups in total. The summed E-state index contributed by atoms with van der Waals surface area (Å²) in [5, 5.41) is 14.5. The van der Waals surface area contributed by atoms with Gasteiger partial charge in [0.1, 0.15) is 0 Å². The Hall–Kier alpha value is -1.88. The number of halogens is 3. The number of fused-ring (bicyclic) bond motifs is 1. The zero-order valence-electron chi connectivity index (χ0n) is 20.1. The molecule has 11 heteroatoms. The van der Waals surface area contributed by atoms with Gasteiger partial charge in [-0.05, 0) is 56.5 Å². The molecule has 2 heterocycles. The Labute approximate surface area is 250 Å². The zero-order chi connectivity index (χ0) is 26.1. The van der Waals surface area contributed by atoms with Gasteiger partial charge in [-0.25, -0.2) is 13.6 Å². The molecule has 0 saturated heterocycles. The summed E-state index contributed by atoms with van der Waals surface area (Å²) in [6, 6.07) is 7.53. The van der Waals surface area contributed by atoms with Crippen LogP contribution in [0.25, 0.3) is 16.6 Å². The van der Waals surface area contributed by atoms with Crippen molar-refractivity contribution in [3.8, 4) is 5.69 Å². The van der Waals surface area contributed by atoms with Crippen molar-refractivity contribution in [3.63, 3.8) is 0 Å². The minimum atomic E-state index is -1.34. The SMILES string of the molecule is NCCCCCCn1cc(-n2c(C3CC3)c(Sc3cccc(C(=O)O)c3F)c3ccc(Cl)c(F)c32)cn1.[NaH]. The molecular formula is C27H28ClF2N4NaO2S. The molecule has 0 amide bonds. The Balaban J connectivity index is 0.00000336. The summed E-state index contributed by atoms with van der Waals surface area (Å²) in [7, 11) is 0. The number of carbonyl (C=O) groups is 1. The van der Waals surface area contributed by atoms with E-state index in [1.54, 1.807) is 18.3 Å². The maximum absolute atomic E-state index is 15.6. The molecule has 5 rings (SSSR count). The molecule has 0 radical (unpaired) electrons. The monoisotopic (exact) mass is 568 g/mol. The van der Waals surface area contributed by atoms with Crippen molar-refractivity contribution in [2.45, 2.75) is 60.8 Å². The molecule has 1 saturated carbocycles. The van der Waals surface area contributed by atoms with Crippen molar-refractivity contribution in [3.05, 3.63) is 70.6 Å². The van der Waals surface area contributed by atoms with Gasteiger partial charge in [-0.15, -0.1) is 0 Å². The second-order valence-electron chi connectivity index (χ2n) is 9.27. The minimum absolute atomic E-state index is 0. The Bertz CT molecular complexity index is 1470. The number of aromatic nitrogens is 3. The molecule has 2 aromatic carbocycles. The van der Waals surface area contributed by atoms with Crippen LogP contribution >= 0.6 is 23.4 Å². The van der Waals surface area contributed by atoms with Gasteiger partial charge in [-0.3, -0.25) is 4.68 Å². The number of unbranched alkanes of at least 4 members (excludes halogenated alkanes) is 3. The summed E-state index contributed by atoms with van der Waals surface area (Å²) in [5.74, 6) is -2.53. The van der Waals surface area contributed by atoms with Crippen molar-refractivity contribution in [2.24, 2.45) is 5.73 Å². The molecule has 196 valence electrons. The van der Waals surface area contributed by atoms with Crippen LogP contribution in [-0.2, 0) is 6.54 Å². The first-order valence-electron chi connectivity index (χ1n) is 12.4. The van der Waals surface area contributed by atoms with E-state index in [0.29, 0.717) is 28.0 Å². The topological polar surface area (TPSA) is 86.1 Å². The molecule has 0 bridgehead atoms. The van der Waals surface area contributed by atoms with E-state index in [2.05, 4.69) is 5.10 Å². The van der Waals surface area contributed by atoms with Crippen molar-refractivity contribution in [2.75, 3.05) is 6.54 Å². The number of aromatic carboxylic acids is 1. The van der Waals surface area contributed by atoms with Crippen molar-refractivity contribution in [1.29, 1.82) is 0 Å². The Kier molecular flexibility index (Phi) is 9.60. The number of hydrogen-bond acceptors (Lipinski definition) is 4. The average molecular weight is 569 g/mol. The fourth-order valence-electron chi connectivity index (χ4n) is 4.63. The summed E-state index contributed by atoms with van der Waals surface area (Å²) in [6.07, 6.45) is 9.55. The summed E-state index contributed by atoms with van der Waals surface area (Å²) in [4.78, 5) is 12.4. The van der Waals surface area contributed by atoms with Gasteiger partial charge in [0.15, 0.2) is 11.6 Å². The molecule has 6 nitrogen and oxygen atoms in total. The fraction of sp³-hybridized carbons (Fsp3) is 0.333. The molecule has 1 fully saturated rings. The van der Waals surface area contributed by atoms with Crippen LogP contribution in [0.3, 0.4) is 0 Å². The van der Waals surface area contributed by atoms with E-state index in [1.165, 1.54) is 18.2 Å². The van der Waals surface area contributed by atoms with Gasteiger partial charge < -0.3 is 15.4 Å². The molecule has 1 aliphatic carbocycles. The van der Waals surface area contributed by atoms with Crippen LogP contribution in [0.15, 0.2) is 52.5 Å². The summed E-state index contributed by atoms with van der Waals surface area (Å²) in [5.41, 5.74) is 7.06. The first-order chi connectivity index (χ1) is 17.9. The van der Waals surface area contributed by atoms with Crippen LogP contribution < -0.4 is 5.73 Å². The van der Waals surface area contributed by atoms with E-state index in [-0.39, 0.29) is 45.4 Å². The summed E-state index contributed by atoms with van der Waals surface area (Å²) in [6.45, 7) is 1.43. The first kappa shape index (κ1) is 29.1. The van der Waals surface area contributed by atoms with E-state index in [1.807, 2.05) is 15.4 Å². The second-order valence-corrected chi connectivity index (χ2v) is 10.7. The van der Waals surface area contributed by atoms with Crippen molar-refractivity contribution >= 4 is 69.8 Å². The third-order valence-corrected chi connectivity index (χ3v) is 8.06. The van der Waals surface area contributed by atoms with Crippen LogP contribution in [0.4, 0.5) is 8.78 Å². The molecule has 0 atom stereocenters. The van der Waals surface area contributed by atoms with Gasteiger partial charge in [0, 0.05) is 39.5 Å². The number of nitrogens with two attached hydrogens (primary N) is 1. The number of carboxylic acid groups (broad SMARTS) is 1. The van der Waals surface area contributed by atoms with Gasteiger partial charge >= 0.3 is 35.5 Å². The van der Waals surface area contributed by atoms with Crippen LogP contribution in [0.1, 0.15) is 60.5 Å². The van der Waals surface area contributed by atoms with E-state index in [0.717, 1.165) is 62.5 Å². The van der Waals surface area contributed by atoms with E-state index >= 15 is 8.78 Å². The number of aryl methyl sites for hydroxylation is 1. The number of benzene rings is 2. The summed E-state index contributed by atoms with van der Waals surface area (Å²) < 4.78 is 34.4. The van der Waals surface area contributed by atoms with Crippen molar-refractivity contribution < 1.29 is 18.7 Å². The number of nitrogens with zero attached hydrogens (tertiary/aromatic N) is 3. The van der Waals surface area contributed by atoms with Gasteiger partial charge in [0.2, 0.25) is 0 Å². The van der Waals surface area contributed by atoms with Gasteiger partial charge in [-0.2, -0.15) is 5.10 Å². The average Bonchev–Trinajstić information content (AvgIpc) is 3.52. The number of carboxylic acids is 1. The van der Waals surface area contributed by atoms with Gasteiger partial charge in [0.05, 0.1) is 28.0 Å². The number of hydrogen-bond donors (Lipinski definition) is 2. The predicted molar refractivity (Wildman–Crippen MR) is 148 cm³/mol. The Morgan fingerprint density at radius 3 is 2.61 bits per heavy atom. The maximum atomic E-state index is 15.6. The predicted octanol–water partition coefficient (Wildman–Crippen LogP) is 6.36.